The van der Waals surface area contributed by atoms with Gasteiger partial charge in [-0.05, 0) is 37.8 Å². The molecule has 2 aliphatic rings. The van der Waals surface area contributed by atoms with Crippen LogP contribution in [0, 0.1) is 5.92 Å². The second kappa shape index (κ2) is 8.07. The Bertz CT molecular complexity index is 835. The highest BCUT2D eigenvalue weighted by molar-refractivity contribution is 5.95. The molecule has 27 heavy (non-hydrogen) atoms. The third-order valence-corrected chi connectivity index (χ3v) is 5.92. The van der Waals surface area contributed by atoms with Crippen LogP contribution in [0.4, 0.5) is 0 Å². The summed E-state index contributed by atoms with van der Waals surface area (Å²) in [6, 6.07) is 11.6. The molecule has 1 aromatic heterocycles. The highest BCUT2D eigenvalue weighted by atomic mass is 16.2. The lowest BCUT2D eigenvalue weighted by Gasteiger charge is -2.32. The number of aromatic nitrogens is 1. The van der Waals surface area contributed by atoms with Gasteiger partial charge < -0.3 is 10.2 Å². The molecule has 1 N–H and O–H groups in total. The quantitative estimate of drug-likeness (QED) is 0.841. The van der Waals surface area contributed by atoms with E-state index in [2.05, 4.69) is 10.3 Å². The van der Waals surface area contributed by atoms with Gasteiger partial charge in [-0.2, -0.15) is 0 Å². The van der Waals surface area contributed by atoms with Crippen LogP contribution in [0.5, 0.6) is 0 Å². The molecule has 2 fully saturated rings. The van der Waals surface area contributed by atoms with E-state index in [1.807, 2.05) is 41.3 Å². The van der Waals surface area contributed by atoms with E-state index in [9.17, 15) is 9.59 Å². The summed E-state index contributed by atoms with van der Waals surface area (Å²) in [4.78, 5) is 32.6. The Kier molecular flexibility index (Phi) is 5.37. The molecule has 2 atom stereocenters. The van der Waals surface area contributed by atoms with Crippen molar-refractivity contribution in [2.75, 3.05) is 13.1 Å². The lowest BCUT2D eigenvalue weighted by Crippen LogP contribution is -2.47. The van der Waals surface area contributed by atoms with Crippen molar-refractivity contribution >= 4 is 22.7 Å². The molecule has 0 radical (unpaired) electrons. The van der Waals surface area contributed by atoms with E-state index >= 15 is 0 Å². The number of hydrogen-bond acceptors (Lipinski definition) is 3. The summed E-state index contributed by atoms with van der Waals surface area (Å²) >= 11 is 0. The van der Waals surface area contributed by atoms with Gasteiger partial charge >= 0.3 is 0 Å². The number of para-hydroxylation sites is 1. The van der Waals surface area contributed by atoms with Crippen LogP contribution in [0.2, 0.25) is 0 Å². The fourth-order valence-corrected chi connectivity index (χ4v) is 4.47. The maximum Gasteiger partial charge on any atom is 0.272 e. The lowest BCUT2D eigenvalue weighted by atomic mass is 10.00. The Morgan fingerprint density at radius 2 is 1.85 bits per heavy atom. The zero-order valence-corrected chi connectivity index (χ0v) is 15.7. The Labute approximate surface area is 160 Å². The summed E-state index contributed by atoms with van der Waals surface area (Å²) in [6.45, 7) is 1.46. The topological polar surface area (TPSA) is 62.3 Å². The molecule has 1 aliphatic carbocycles. The standard InChI is InChI=1S/C22H27N3O2/c26-21-17-9-7-11-20(17)25(15-6-2-1-5-14-23-21)22(27)19-13-12-16-8-3-4-10-18(16)24-19/h3-4,8,10,12-13,17,20H,1-2,5-7,9,11,14-15H2,(H,23,26)/t17-,20+/m1/s1. The number of benzene rings is 1. The van der Waals surface area contributed by atoms with E-state index in [-0.39, 0.29) is 23.8 Å². The van der Waals surface area contributed by atoms with Crippen LogP contribution < -0.4 is 5.32 Å². The second-order valence-corrected chi connectivity index (χ2v) is 7.70. The maximum absolute atomic E-state index is 13.4. The largest absolute Gasteiger partial charge is 0.356 e. The number of carbonyl (C=O) groups is 2. The minimum atomic E-state index is -0.0903. The molecule has 2 heterocycles. The second-order valence-electron chi connectivity index (χ2n) is 7.70. The Morgan fingerprint density at radius 3 is 2.78 bits per heavy atom. The van der Waals surface area contributed by atoms with Crippen LogP contribution in [-0.2, 0) is 4.79 Å². The summed E-state index contributed by atoms with van der Waals surface area (Å²) in [6.07, 6.45) is 6.94. The molecule has 0 bridgehead atoms. The van der Waals surface area contributed by atoms with Crippen molar-refractivity contribution in [1.29, 1.82) is 0 Å². The highest BCUT2D eigenvalue weighted by Crippen LogP contribution is 2.32. The third-order valence-electron chi connectivity index (χ3n) is 5.92. The first-order chi connectivity index (χ1) is 13.2. The molecule has 1 saturated heterocycles. The van der Waals surface area contributed by atoms with Gasteiger partial charge in [-0.15, -0.1) is 0 Å². The van der Waals surface area contributed by atoms with Gasteiger partial charge in [0.1, 0.15) is 5.69 Å². The fourth-order valence-electron chi connectivity index (χ4n) is 4.47. The van der Waals surface area contributed by atoms with E-state index in [1.54, 1.807) is 0 Å². The van der Waals surface area contributed by atoms with Crippen molar-refractivity contribution in [3.05, 3.63) is 42.1 Å². The first-order valence-corrected chi connectivity index (χ1v) is 10.2. The molecule has 5 nitrogen and oxygen atoms in total. The molecule has 1 aliphatic heterocycles. The van der Waals surface area contributed by atoms with Crippen LogP contribution in [0.3, 0.4) is 0 Å². The van der Waals surface area contributed by atoms with Gasteiger partial charge in [-0.25, -0.2) is 4.98 Å². The average Bonchev–Trinajstić information content (AvgIpc) is 3.17. The van der Waals surface area contributed by atoms with Crippen molar-refractivity contribution in [2.24, 2.45) is 5.92 Å². The zero-order chi connectivity index (χ0) is 18.6. The number of amides is 2. The zero-order valence-electron chi connectivity index (χ0n) is 15.7. The summed E-state index contributed by atoms with van der Waals surface area (Å²) in [7, 11) is 0. The van der Waals surface area contributed by atoms with Crippen molar-refractivity contribution in [1.82, 2.24) is 15.2 Å². The predicted molar refractivity (Wildman–Crippen MR) is 105 cm³/mol. The highest BCUT2D eigenvalue weighted by Gasteiger charge is 2.39. The smallest absolute Gasteiger partial charge is 0.272 e. The monoisotopic (exact) mass is 365 g/mol. The molecule has 5 heteroatoms. The summed E-state index contributed by atoms with van der Waals surface area (Å²) in [5.41, 5.74) is 1.32. The lowest BCUT2D eigenvalue weighted by molar-refractivity contribution is -0.126. The summed E-state index contributed by atoms with van der Waals surface area (Å²) in [5, 5.41) is 4.11. The Hall–Kier alpha value is -2.43. The van der Waals surface area contributed by atoms with Crippen molar-refractivity contribution in [3.8, 4) is 0 Å². The van der Waals surface area contributed by atoms with Gasteiger partial charge in [0.15, 0.2) is 0 Å². The van der Waals surface area contributed by atoms with Crippen LogP contribution in [0.15, 0.2) is 36.4 Å². The molecule has 1 saturated carbocycles. The number of fused-ring (bicyclic) bond motifs is 2. The van der Waals surface area contributed by atoms with Gasteiger partial charge in [-0.3, -0.25) is 9.59 Å². The Balaban J connectivity index is 1.64. The summed E-state index contributed by atoms with van der Waals surface area (Å²) < 4.78 is 0. The molecule has 2 aromatic rings. The van der Waals surface area contributed by atoms with Crippen molar-refractivity contribution in [2.45, 2.75) is 51.0 Å². The number of nitrogens with one attached hydrogen (secondary N) is 1. The number of hydrogen-bond donors (Lipinski definition) is 1. The van der Waals surface area contributed by atoms with Crippen LogP contribution in [0.25, 0.3) is 10.9 Å². The predicted octanol–water partition coefficient (Wildman–Crippen LogP) is 3.54. The van der Waals surface area contributed by atoms with E-state index in [0.29, 0.717) is 12.2 Å². The van der Waals surface area contributed by atoms with Crippen molar-refractivity contribution in [3.63, 3.8) is 0 Å². The number of carbonyl (C=O) groups excluding carboxylic acids is 2. The molecular formula is C22H27N3O2. The van der Waals surface area contributed by atoms with Crippen LogP contribution in [0.1, 0.15) is 55.4 Å². The van der Waals surface area contributed by atoms with Gasteiger partial charge in [0.05, 0.1) is 11.4 Å². The minimum absolute atomic E-state index is 0.0103. The van der Waals surface area contributed by atoms with Crippen LogP contribution in [-0.4, -0.2) is 40.8 Å². The summed E-state index contributed by atoms with van der Waals surface area (Å²) in [5.74, 6) is -0.0131. The van der Waals surface area contributed by atoms with Gasteiger partial charge in [0, 0.05) is 24.5 Å². The first-order valence-electron chi connectivity index (χ1n) is 10.2. The molecule has 142 valence electrons. The average molecular weight is 365 g/mol. The number of nitrogens with zero attached hydrogens (tertiary/aromatic N) is 2. The number of rotatable bonds is 1. The van der Waals surface area contributed by atoms with Crippen molar-refractivity contribution < 1.29 is 9.59 Å². The van der Waals surface area contributed by atoms with Gasteiger partial charge in [-0.1, -0.05) is 43.5 Å². The number of pyridine rings is 1. The SMILES string of the molecule is O=C1NCCCCCCN(C(=O)c2ccc3ccccc3n2)[C@H]2CCC[C@@H]12. The molecular weight excluding hydrogens is 338 g/mol. The normalized spacial score (nSPS) is 24.1. The van der Waals surface area contributed by atoms with E-state index in [1.165, 1.54) is 0 Å². The minimum Gasteiger partial charge on any atom is -0.356 e. The maximum atomic E-state index is 13.4. The molecule has 0 spiro atoms. The van der Waals surface area contributed by atoms with Crippen LogP contribution >= 0.6 is 0 Å². The fraction of sp³-hybridized carbons (Fsp3) is 0.500. The van der Waals surface area contributed by atoms with E-state index < -0.39 is 0 Å². The van der Waals surface area contributed by atoms with E-state index in [0.717, 1.165) is 62.4 Å². The molecule has 2 amide bonds. The molecule has 1 aromatic carbocycles. The third kappa shape index (κ3) is 3.82. The van der Waals surface area contributed by atoms with Gasteiger partial charge in [0.2, 0.25) is 5.91 Å². The van der Waals surface area contributed by atoms with E-state index in [4.69, 9.17) is 0 Å². The van der Waals surface area contributed by atoms with Gasteiger partial charge in [0.25, 0.3) is 5.91 Å². The first kappa shape index (κ1) is 18.0. The Morgan fingerprint density at radius 1 is 1.00 bits per heavy atom. The molecule has 4 rings (SSSR count). The molecule has 0 unspecified atom stereocenters.